The van der Waals surface area contributed by atoms with Crippen LogP contribution in [0.1, 0.15) is 21.8 Å². The van der Waals surface area contributed by atoms with Crippen molar-refractivity contribution in [2.24, 2.45) is 0 Å². The number of rotatable bonds is 4. The largest absolute Gasteiger partial charge is 0.436 e. The van der Waals surface area contributed by atoms with Gasteiger partial charge in [-0.15, -0.1) is 0 Å². The number of aromatic nitrogens is 1. The number of hydrogen-bond acceptors (Lipinski definition) is 3. The number of carbonyl (C=O) groups excluding carboxylic acids is 1. The third kappa shape index (κ3) is 3.30. The summed E-state index contributed by atoms with van der Waals surface area (Å²) in [6, 6.07) is 23.8. The Bertz CT molecular complexity index is 1060. The molecule has 4 aromatic rings. The molecule has 4 rings (SSSR count). The lowest BCUT2D eigenvalue weighted by Crippen LogP contribution is -2.03. The molecule has 0 bridgehead atoms. The Hall–Kier alpha value is -3.17. The van der Waals surface area contributed by atoms with Crippen molar-refractivity contribution < 1.29 is 9.21 Å². The molecule has 0 saturated carbocycles. The maximum absolute atomic E-state index is 13.1. The maximum atomic E-state index is 13.1. The Morgan fingerprint density at radius 1 is 0.885 bits per heavy atom. The summed E-state index contributed by atoms with van der Waals surface area (Å²) in [4.78, 5) is 17.6. The molecule has 0 aliphatic heterocycles. The first kappa shape index (κ1) is 16.3. The predicted octanol–water partition coefficient (Wildman–Crippen LogP) is 5.90. The number of ketones is 1. The van der Waals surface area contributed by atoms with Crippen molar-refractivity contribution in [1.29, 1.82) is 0 Å². The average molecular weight is 360 g/mol. The number of para-hydroxylation sites is 2. The molecule has 126 valence electrons. The Labute approximate surface area is 155 Å². The van der Waals surface area contributed by atoms with E-state index in [1.165, 1.54) is 0 Å². The highest BCUT2D eigenvalue weighted by molar-refractivity contribution is 6.32. The monoisotopic (exact) mass is 359 g/mol. The molecule has 26 heavy (non-hydrogen) atoms. The van der Waals surface area contributed by atoms with E-state index in [0.29, 0.717) is 33.1 Å². The number of nitrogens with zero attached hydrogens (tertiary/aromatic N) is 1. The highest BCUT2D eigenvalue weighted by Gasteiger charge is 2.20. The Kier molecular flexibility index (Phi) is 4.38. The molecule has 0 unspecified atom stereocenters. The van der Waals surface area contributed by atoms with Crippen molar-refractivity contribution in [3.8, 4) is 0 Å². The summed E-state index contributed by atoms with van der Waals surface area (Å²) in [5.41, 5.74) is 3.18. The van der Waals surface area contributed by atoms with Crippen LogP contribution in [0.4, 0.5) is 0 Å². The molecule has 3 aromatic carbocycles. The van der Waals surface area contributed by atoms with Crippen LogP contribution in [0.5, 0.6) is 0 Å². The third-order valence-electron chi connectivity index (χ3n) is 3.99. The Morgan fingerprint density at radius 2 is 1.58 bits per heavy atom. The van der Waals surface area contributed by atoms with Gasteiger partial charge in [0.25, 0.3) is 0 Å². The van der Waals surface area contributed by atoms with Gasteiger partial charge in [0, 0.05) is 10.6 Å². The van der Waals surface area contributed by atoms with E-state index in [4.69, 9.17) is 16.0 Å². The van der Waals surface area contributed by atoms with E-state index in [0.717, 1.165) is 5.56 Å². The van der Waals surface area contributed by atoms with Crippen LogP contribution in [0.2, 0.25) is 5.02 Å². The molecule has 0 fully saturated rings. The SMILES string of the molecule is O=C(/C(=C/c1ccc(Cl)cc1)c1nc2ccccc2o1)c1ccccc1. The van der Waals surface area contributed by atoms with Crippen molar-refractivity contribution in [2.45, 2.75) is 0 Å². The van der Waals surface area contributed by atoms with Gasteiger partial charge in [-0.2, -0.15) is 0 Å². The molecule has 0 atom stereocenters. The molecule has 1 aromatic heterocycles. The normalized spacial score (nSPS) is 11.7. The fourth-order valence-corrected chi connectivity index (χ4v) is 2.81. The first-order valence-corrected chi connectivity index (χ1v) is 8.51. The first-order valence-electron chi connectivity index (χ1n) is 8.14. The lowest BCUT2D eigenvalue weighted by atomic mass is 10.0. The lowest BCUT2D eigenvalue weighted by molar-refractivity contribution is 0.105. The zero-order chi connectivity index (χ0) is 17.9. The van der Waals surface area contributed by atoms with Crippen LogP contribution in [0.15, 0.2) is 83.3 Å². The Morgan fingerprint density at radius 3 is 2.31 bits per heavy atom. The quantitative estimate of drug-likeness (QED) is 0.336. The summed E-state index contributed by atoms with van der Waals surface area (Å²) in [6.07, 6.45) is 1.77. The van der Waals surface area contributed by atoms with E-state index in [2.05, 4.69) is 4.98 Å². The number of oxazole rings is 1. The van der Waals surface area contributed by atoms with Crippen molar-refractivity contribution in [3.63, 3.8) is 0 Å². The molecule has 4 heteroatoms. The zero-order valence-electron chi connectivity index (χ0n) is 13.7. The summed E-state index contributed by atoms with van der Waals surface area (Å²) in [5.74, 6) is 0.155. The van der Waals surface area contributed by atoms with Crippen LogP contribution in [-0.4, -0.2) is 10.8 Å². The average Bonchev–Trinajstić information content (AvgIpc) is 3.11. The fraction of sp³-hybridized carbons (Fsp3) is 0. The number of halogens is 1. The van der Waals surface area contributed by atoms with Crippen LogP contribution in [0, 0.1) is 0 Å². The van der Waals surface area contributed by atoms with Gasteiger partial charge in [-0.05, 0) is 35.9 Å². The first-order chi connectivity index (χ1) is 12.7. The van der Waals surface area contributed by atoms with Crippen LogP contribution in [0.25, 0.3) is 22.7 Å². The van der Waals surface area contributed by atoms with E-state index in [9.17, 15) is 4.79 Å². The fourth-order valence-electron chi connectivity index (χ4n) is 2.68. The van der Waals surface area contributed by atoms with Gasteiger partial charge in [-0.25, -0.2) is 4.98 Å². The van der Waals surface area contributed by atoms with Crippen molar-refractivity contribution in [2.75, 3.05) is 0 Å². The molecule has 0 amide bonds. The smallest absolute Gasteiger partial charge is 0.231 e. The summed E-state index contributed by atoms with van der Waals surface area (Å²) < 4.78 is 5.84. The second kappa shape index (κ2) is 6.98. The van der Waals surface area contributed by atoms with Crippen molar-refractivity contribution in [1.82, 2.24) is 4.98 Å². The molecule has 0 saturated heterocycles. The number of carbonyl (C=O) groups is 1. The highest BCUT2D eigenvalue weighted by Crippen LogP contribution is 2.26. The molecular weight excluding hydrogens is 346 g/mol. The standard InChI is InChI=1S/C22H14ClNO2/c23-17-12-10-15(11-13-17)14-18(21(25)16-6-2-1-3-7-16)22-24-19-8-4-5-9-20(19)26-22/h1-14H/b18-14-. The minimum Gasteiger partial charge on any atom is -0.436 e. The number of Topliss-reactive ketones (excluding diaryl/α,β-unsaturated/α-hetero) is 1. The van der Waals surface area contributed by atoms with Crippen LogP contribution in [0.3, 0.4) is 0 Å². The van der Waals surface area contributed by atoms with Crippen molar-refractivity contribution >= 4 is 40.1 Å². The molecule has 0 spiro atoms. The molecule has 0 aliphatic rings. The van der Waals surface area contributed by atoms with E-state index in [1.54, 1.807) is 30.3 Å². The minimum absolute atomic E-state index is 0.146. The van der Waals surface area contributed by atoms with Crippen LogP contribution < -0.4 is 0 Å². The topological polar surface area (TPSA) is 43.1 Å². The second-order valence-electron chi connectivity index (χ2n) is 5.79. The molecule has 1 heterocycles. The maximum Gasteiger partial charge on any atom is 0.231 e. The van der Waals surface area contributed by atoms with Gasteiger partial charge in [0.15, 0.2) is 11.4 Å². The van der Waals surface area contributed by atoms with E-state index >= 15 is 0 Å². The summed E-state index contributed by atoms with van der Waals surface area (Å²) in [6.45, 7) is 0. The van der Waals surface area contributed by atoms with Crippen LogP contribution in [-0.2, 0) is 0 Å². The molecule has 0 N–H and O–H groups in total. The number of benzene rings is 3. The van der Waals surface area contributed by atoms with Gasteiger partial charge in [0.1, 0.15) is 5.52 Å². The number of allylic oxidation sites excluding steroid dienone is 1. The van der Waals surface area contributed by atoms with Crippen LogP contribution >= 0.6 is 11.6 Å². The molecule has 0 aliphatic carbocycles. The lowest BCUT2D eigenvalue weighted by Gasteiger charge is -2.04. The number of hydrogen-bond donors (Lipinski definition) is 0. The molecule has 3 nitrogen and oxygen atoms in total. The predicted molar refractivity (Wildman–Crippen MR) is 104 cm³/mol. The summed E-state index contributed by atoms with van der Waals surface area (Å²) >= 11 is 5.96. The van der Waals surface area contributed by atoms with Gasteiger partial charge in [-0.1, -0.05) is 66.2 Å². The molecule has 0 radical (unpaired) electrons. The second-order valence-corrected chi connectivity index (χ2v) is 6.23. The Balaban J connectivity index is 1.85. The highest BCUT2D eigenvalue weighted by atomic mass is 35.5. The van der Waals surface area contributed by atoms with Gasteiger partial charge in [-0.3, -0.25) is 4.79 Å². The van der Waals surface area contributed by atoms with Crippen molar-refractivity contribution in [3.05, 3.63) is 101 Å². The number of fused-ring (bicyclic) bond motifs is 1. The third-order valence-corrected chi connectivity index (χ3v) is 4.24. The van der Waals surface area contributed by atoms with Gasteiger partial charge in [0.05, 0.1) is 5.57 Å². The van der Waals surface area contributed by atoms with Gasteiger partial charge < -0.3 is 4.42 Å². The van der Waals surface area contributed by atoms with Gasteiger partial charge in [0.2, 0.25) is 5.89 Å². The van der Waals surface area contributed by atoms with Gasteiger partial charge >= 0.3 is 0 Å². The summed E-state index contributed by atoms with van der Waals surface area (Å²) in [7, 11) is 0. The van der Waals surface area contributed by atoms with E-state index in [1.807, 2.05) is 54.6 Å². The molecular formula is C22H14ClNO2. The van der Waals surface area contributed by atoms with E-state index < -0.39 is 0 Å². The summed E-state index contributed by atoms with van der Waals surface area (Å²) in [5, 5.41) is 0.639. The zero-order valence-corrected chi connectivity index (χ0v) is 14.5. The minimum atomic E-state index is -0.146. The van der Waals surface area contributed by atoms with E-state index in [-0.39, 0.29) is 5.78 Å².